The van der Waals surface area contributed by atoms with Crippen LogP contribution in [0.4, 0.5) is 0 Å². The van der Waals surface area contributed by atoms with E-state index in [2.05, 4.69) is 15.1 Å². The SMILES string of the molecule is CS(=O)(=O)c1ccc(CCC(=O)N2C3CCC2CC(n2nccn2)C3)cc1. The normalized spacial score (nSPS) is 24.9. The predicted molar refractivity (Wildman–Crippen MR) is 99.8 cm³/mol. The third-order valence-corrected chi connectivity index (χ3v) is 6.87. The number of aromatic nitrogens is 3. The van der Waals surface area contributed by atoms with Crippen LogP contribution >= 0.6 is 0 Å². The van der Waals surface area contributed by atoms with Crippen molar-refractivity contribution < 1.29 is 13.2 Å². The minimum Gasteiger partial charge on any atom is -0.337 e. The smallest absolute Gasteiger partial charge is 0.223 e. The summed E-state index contributed by atoms with van der Waals surface area (Å²) < 4.78 is 23.1. The zero-order chi connectivity index (χ0) is 19.0. The van der Waals surface area contributed by atoms with Gasteiger partial charge in [0.1, 0.15) is 0 Å². The van der Waals surface area contributed by atoms with E-state index >= 15 is 0 Å². The number of hydrogen-bond acceptors (Lipinski definition) is 5. The van der Waals surface area contributed by atoms with E-state index in [9.17, 15) is 13.2 Å². The van der Waals surface area contributed by atoms with Gasteiger partial charge in [0.2, 0.25) is 5.91 Å². The molecule has 0 aliphatic carbocycles. The predicted octanol–water partition coefficient (Wildman–Crippen LogP) is 2.01. The summed E-state index contributed by atoms with van der Waals surface area (Å²) in [5.74, 6) is 0.196. The summed E-state index contributed by atoms with van der Waals surface area (Å²) in [4.78, 5) is 17.0. The molecule has 2 aromatic rings. The lowest BCUT2D eigenvalue weighted by molar-refractivity contribution is -0.136. The van der Waals surface area contributed by atoms with Crippen LogP contribution < -0.4 is 0 Å². The van der Waals surface area contributed by atoms with Crippen molar-refractivity contribution in [2.75, 3.05) is 6.26 Å². The second-order valence-corrected chi connectivity index (χ2v) is 9.59. The number of hydrogen-bond donors (Lipinski definition) is 0. The fourth-order valence-corrected chi connectivity index (χ4v) is 5.07. The Labute approximate surface area is 159 Å². The fourth-order valence-electron chi connectivity index (χ4n) is 4.44. The van der Waals surface area contributed by atoms with Gasteiger partial charge < -0.3 is 4.90 Å². The third-order valence-electron chi connectivity index (χ3n) is 5.74. The molecule has 2 unspecified atom stereocenters. The van der Waals surface area contributed by atoms with Crippen LogP contribution in [-0.2, 0) is 21.1 Å². The van der Waals surface area contributed by atoms with Crippen LogP contribution in [-0.4, -0.2) is 52.6 Å². The molecule has 2 atom stereocenters. The zero-order valence-corrected chi connectivity index (χ0v) is 16.2. The zero-order valence-electron chi connectivity index (χ0n) is 15.4. The number of sulfone groups is 1. The van der Waals surface area contributed by atoms with Gasteiger partial charge in [0.25, 0.3) is 0 Å². The molecular weight excluding hydrogens is 364 g/mol. The summed E-state index contributed by atoms with van der Waals surface area (Å²) in [6.45, 7) is 0. The molecule has 0 radical (unpaired) electrons. The van der Waals surface area contributed by atoms with Crippen molar-refractivity contribution in [3.05, 3.63) is 42.2 Å². The average molecular weight is 388 g/mol. The van der Waals surface area contributed by atoms with Gasteiger partial charge >= 0.3 is 0 Å². The quantitative estimate of drug-likeness (QED) is 0.782. The molecule has 2 saturated heterocycles. The molecule has 0 spiro atoms. The lowest BCUT2D eigenvalue weighted by Gasteiger charge is -2.38. The highest BCUT2D eigenvalue weighted by Gasteiger charge is 2.43. The summed E-state index contributed by atoms with van der Waals surface area (Å²) in [7, 11) is -3.19. The maximum atomic E-state index is 12.8. The van der Waals surface area contributed by atoms with Crippen LogP contribution in [0.25, 0.3) is 0 Å². The van der Waals surface area contributed by atoms with E-state index in [0.717, 1.165) is 31.2 Å². The number of fused-ring (bicyclic) bond motifs is 2. The van der Waals surface area contributed by atoms with Gasteiger partial charge in [-0.2, -0.15) is 15.0 Å². The van der Waals surface area contributed by atoms with Crippen LogP contribution in [0.5, 0.6) is 0 Å². The Kier molecular flexibility index (Phi) is 4.75. The van der Waals surface area contributed by atoms with E-state index < -0.39 is 9.84 Å². The van der Waals surface area contributed by atoms with E-state index in [4.69, 9.17) is 0 Å². The molecule has 0 N–H and O–H groups in total. The molecule has 8 heteroatoms. The lowest BCUT2D eigenvalue weighted by atomic mass is 9.97. The van der Waals surface area contributed by atoms with Gasteiger partial charge in [-0.1, -0.05) is 12.1 Å². The molecule has 2 bridgehead atoms. The highest BCUT2D eigenvalue weighted by Crippen LogP contribution is 2.40. The van der Waals surface area contributed by atoms with Gasteiger partial charge in [-0.05, 0) is 49.8 Å². The molecule has 2 aliphatic rings. The van der Waals surface area contributed by atoms with Crippen molar-refractivity contribution in [1.29, 1.82) is 0 Å². The summed E-state index contributed by atoms with van der Waals surface area (Å²) in [5, 5.41) is 8.53. The van der Waals surface area contributed by atoms with Gasteiger partial charge in [0.05, 0.1) is 23.3 Å². The van der Waals surface area contributed by atoms with Crippen LogP contribution in [0.1, 0.15) is 43.7 Å². The van der Waals surface area contributed by atoms with Crippen LogP contribution in [0.3, 0.4) is 0 Å². The number of rotatable bonds is 5. The van der Waals surface area contributed by atoms with E-state index in [-0.39, 0.29) is 24.0 Å². The Morgan fingerprint density at radius 3 is 2.19 bits per heavy atom. The lowest BCUT2D eigenvalue weighted by Crippen LogP contribution is -2.47. The Morgan fingerprint density at radius 2 is 1.63 bits per heavy atom. The molecule has 0 saturated carbocycles. The highest BCUT2D eigenvalue weighted by atomic mass is 32.2. The number of carbonyl (C=O) groups excluding carboxylic acids is 1. The van der Waals surface area contributed by atoms with E-state index in [0.29, 0.717) is 17.7 Å². The van der Waals surface area contributed by atoms with E-state index in [1.807, 2.05) is 0 Å². The van der Waals surface area contributed by atoms with Crippen molar-refractivity contribution in [3.63, 3.8) is 0 Å². The Balaban J connectivity index is 1.37. The first kappa shape index (κ1) is 18.2. The minimum absolute atomic E-state index is 0.196. The molecule has 1 aromatic heterocycles. The molecular formula is C19H24N4O3S. The van der Waals surface area contributed by atoms with Gasteiger partial charge in [-0.15, -0.1) is 0 Å². The molecule has 1 aromatic carbocycles. The average Bonchev–Trinajstić information content (AvgIpc) is 3.26. The monoisotopic (exact) mass is 388 g/mol. The second-order valence-electron chi connectivity index (χ2n) is 7.58. The minimum atomic E-state index is -3.19. The molecule has 144 valence electrons. The number of benzene rings is 1. The first-order valence-corrected chi connectivity index (χ1v) is 11.3. The standard InChI is InChI=1S/C19H24N4O3S/c1-27(25,26)18-7-2-14(3-8-18)4-9-19(24)22-15-5-6-16(22)13-17(12-15)23-20-10-11-21-23/h2-3,7-8,10-11,15-17H,4-6,9,12-13H2,1H3. The van der Waals surface area contributed by atoms with Gasteiger partial charge in [-0.3, -0.25) is 4.79 Å². The molecule has 4 rings (SSSR count). The van der Waals surface area contributed by atoms with Crippen LogP contribution in [0, 0.1) is 0 Å². The largest absolute Gasteiger partial charge is 0.337 e. The molecule has 3 heterocycles. The summed E-state index contributed by atoms with van der Waals surface area (Å²) in [6, 6.07) is 7.66. The van der Waals surface area contributed by atoms with Crippen molar-refractivity contribution in [2.24, 2.45) is 0 Å². The molecule has 7 nitrogen and oxygen atoms in total. The van der Waals surface area contributed by atoms with E-state index in [1.54, 1.807) is 41.5 Å². The first-order chi connectivity index (χ1) is 12.9. The summed E-state index contributed by atoms with van der Waals surface area (Å²) in [5.41, 5.74) is 0.985. The van der Waals surface area contributed by atoms with Crippen molar-refractivity contribution in [1.82, 2.24) is 19.9 Å². The number of nitrogens with zero attached hydrogens (tertiary/aromatic N) is 4. The fraction of sp³-hybridized carbons (Fsp3) is 0.526. The summed E-state index contributed by atoms with van der Waals surface area (Å²) in [6.07, 6.45) is 9.62. The van der Waals surface area contributed by atoms with Crippen LogP contribution in [0.15, 0.2) is 41.6 Å². The van der Waals surface area contributed by atoms with E-state index in [1.165, 1.54) is 6.26 Å². The maximum Gasteiger partial charge on any atom is 0.223 e. The summed E-state index contributed by atoms with van der Waals surface area (Å²) >= 11 is 0. The molecule has 1 amide bonds. The van der Waals surface area contributed by atoms with Crippen molar-refractivity contribution in [2.45, 2.75) is 61.5 Å². The van der Waals surface area contributed by atoms with Gasteiger partial charge in [0, 0.05) is 24.8 Å². The molecule has 2 aliphatic heterocycles. The van der Waals surface area contributed by atoms with Crippen LogP contribution in [0.2, 0.25) is 0 Å². The second kappa shape index (κ2) is 7.07. The highest BCUT2D eigenvalue weighted by molar-refractivity contribution is 7.90. The molecule has 27 heavy (non-hydrogen) atoms. The Morgan fingerprint density at radius 1 is 1.04 bits per heavy atom. The Hall–Kier alpha value is -2.22. The molecule has 2 fully saturated rings. The number of aryl methyl sites for hydroxylation is 1. The van der Waals surface area contributed by atoms with Crippen molar-refractivity contribution >= 4 is 15.7 Å². The number of piperidine rings is 1. The topological polar surface area (TPSA) is 85.2 Å². The maximum absolute atomic E-state index is 12.8. The number of amides is 1. The van der Waals surface area contributed by atoms with Crippen molar-refractivity contribution in [3.8, 4) is 0 Å². The Bertz CT molecular complexity index is 895. The van der Waals surface area contributed by atoms with Gasteiger partial charge in [-0.25, -0.2) is 8.42 Å². The third kappa shape index (κ3) is 3.76. The number of carbonyl (C=O) groups is 1. The van der Waals surface area contributed by atoms with Gasteiger partial charge in [0.15, 0.2) is 9.84 Å². The first-order valence-electron chi connectivity index (χ1n) is 9.38.